The maximum atomic E-state index is 11.5. The molecule has 1 aliphatic heterocycles. The Kier molecular flexibility index (Phi) is 5.83. The molecule has 4 atom stereocenters. The number of pyridine rings is 1. The minimum Gasteiger partial charge on any atom is -0.444 e. The molecule has 1 amide bonds. The summed E-state index contributed by atoms with van der Waals surface area (Å²) in [5.41, 5.74) is 9.52. The van der Waals surface area contributed by atoms with Crippen LogP contribution in [-0.2, 0) is 16.0 Å². The number of H-pyrrole nitrogens is 1. The molecule has 0 unspecified atom stereocenters. The number of morpholine rings is 1. The SMILES string of the molecule is NC(=O)O[C@@H]1[C@H](Nc2c(Cl)cnc3nc(-c4cccc(CN5CCOCC5)c4)[nH]c23)[C@H]2C=C[C@@H]1C2. The minimum absolute atomic E-state index is 0.135. The van der Waals surface area contributed by atoms with E-state index in [1.165, 1.54) is 5.56 Å². The smallest absolute Gasteiger partial charge is 0.404 e. The summed E-state index contributed by atoms with van der Waals surface area (Å²) in [6, 6.07) is 8.23. The standard InChI is InChI=1S/C25H27ClN6O3/c26-18-12-28-24-21(20(18)29-19-15-4-5-16(11-15)22(19)35-25(27)33)30-23(31-24)17-3-1-2-14(10-17)13-32-6-8-34-9-7-32/h1-5,10,12,15-16,19,22H,6-9,11,13H2,(H2,27,33)(H2,28,29,30,31)/t15-,16+,19+,22-/m0/s1. The number of halogens is 1. The number of rotatable bonds is 6. The van der Waals surface area contributed by atoms with Crippen LogP contribution in [0.3, 0.4) is 0 Å². The van der Waals surface area contributed by atoms with Crippen LogP contribution in [-0.4, -0.2) is 64.4 Å². The molecule has 2 aromatic heterocycles. The predicted molar refractivity (Wildman–Crippen MR) is 133 cm³/mol. The number of aromatic nitrogens is 3. The van der Waals surface area contributed by atoms with Gasteiger partial charge in [-0.1, -0.05) is 42.0 Å². The number of amides is 1. The number of carbonyl (C=O) groups excluding carboxylic acids is 1. The Bertz CT molecular complexity index is 1290. The second-order valence-electron chi connectivity index (χ2n) is 9.37. The van der Waals surface area contributed by atoms with Crippen LogP contribution in [0.2, 0.25) is 5.02 Å². The molecular formula is C25H27ClN6O3. The number of benzene rings is 1. The zero-order valence-corrected chi connectivity index (χ0v) is 19.9. The Labute approximate surface area is 207 Å². The summed E-state index contributed by atoms with van der Waals surface area (Å²) in [6.07, 6.45) is 5.65. The van der Waals surface area contributed by atoms with Gasteiger partial charge in [0.2, 0.25) is 0 Å². The average molecular weight is 495 g/mol. The summed E-state index contributed by atoms with van der Waals surface area (Å²) in [5.74, 6) is 1.09. The number of imidazole rings is 1. The van der Waals surface area contributed by atoms with Crippen molar-refractivity contribution in [3.63, 3.8) is 0 Å². The number of hydrogen-bond donors (Lipinski definition) is 3. The fraction of sp³-hybridized carbons (Fsp3) is 0.400. The van der Waals surface area contributed by atoms with Crippen molar-refractivity contribution in [2.45, 2.75) is 25.1 Å². The number of ether oxygens (including phenoxy) is 2. The van der Waals surface area contributed by atoms with Crippen molar-refractivity contribution in [3.8, 4) is 11.4 Å². The molecule has 3 aliphatic rings. The van der Waals surface area contributed by atoms with Gasteiger partial charge in [0.1, 0.15) is 17.4 Å². The van der Waals surface area contributed by atoms with Crippen LogP contribution >= 0.6 is 11.6 Å². The van der Waals surface area contributed by atoms with Crippen LogP contribution < -0.4 is 11.1 Å². The zero-order chi connectivity index (χ0) is 23.9. The summed E-state index contributed by atoms with van der Waals surface area (Å²) in [6.45, 7) is 4.29. The Hall–Kier alpha value is -3.14. The molecule has 3 aromatic rings. The third kappa shape index (κ3) is 4.35. The minimum atomic E-state index is -0.769. The highest BCUT2D eigenvalue weighted by atomic mass is 35.5. The van der Waals surface area contributed by atoms with Crippen molar-refractivity contribution in [2.24, 2.45) is 17.6 Å². The van der Waals surface area contributed by atoms with E-state index in [9.17, 15) is 4.79 Å². The summed E-state index contributed by atoms with van der Waals surface area (Å²) in [7, 11) is 0. The highest BCUT2D eigenvalue weighted by Crippen LogP contribution is 2.44. The molecule has 0 radical (unpaired) electrons. The lowest BCUT2D eigenvalue weighted by Crippen LogP contribution is -2.41. The topological polar surface area (TPSA) is 118 Å². The Balaban J connectivity index is 1.29. The number of aromatic amines is 1. The first-order valence-electron chi connectivity index (χ1n) is 11.9. The van der Waals surface area contributed by atoms with Gasteiger partial charge in [-0.25, -0.2) is 14.8 Å². The van der Waals surface area contributed by atoms with Crippen molar-refractivity contribution < 1.29 is 14.3 Å². The summed E-state index contributed by atoms with van der Waals surface area (Å²) in [5, 5.41) is 3.99. The molecule has 1 aromatic carbocycles. The highest BCUT2D eigenvalue weighted by Gasteiger charge is 2.47. The maximum Gasteiger partial charge on any atom is 0.404 e. The molecule has 9 nitrogen and oxygen atoms in total. The van der Waals surface area contributed by atoms with Crippen molar-refractivity contribution in [3.05, 3.63) is 53.2 Å². The first-order valence-corrected chi connectivity index (χ1v) is 12.3. The van der Waals surface area contributed by atoms with Crippen LogP contribution in [0.1, 0.15) is 12.0 Å². The molecule has 10 heteroatoms. The first-order chi connectivity index (χ1) is 17.0. The first kappa shape index (κ1) is 22.3. The summed E-state index contributed by atoms with van der Waals surface area (Å²) >= 11 is 6.59. The van der Waals surface area contributed by atoms with Gasteiger partial charge in [0, 0.05) is 37.0 Å². The normalized spacial score (nSPS) is 25.9. The second-order valence-corrected chi connectivity index (χ2v) is 9.78. The van der Waals surface area contributed by atoms with Crippen LogP contribution in [0.5, 0.6) is 0 Å². The number of nitrogens with zero attached hydrogens (tertiary/aromatic N) is 3. The molecule has 0 spiro atoms. The molecule has 182 valence electrons. The number of fused-ring (bicyclic) bond motifs is 3. The van der Waals surface area contributed by atoms with Crippen LogP contribution in [0.25, 0.3) is 22.6 Å². The van der Waals surface area contributed by atoms with Gasteiger partial charge in [0.05, 0.1) is 36.2 Å². The molecule has 6 rings (SSSR count). The average Bonchev–Trinajstić information content (AvgIpc) is 3.57. The van der Waals surface area contributed by atoms with E-state index in [-0.39, 0.29) is 24.0 Å². The van der Waals surface area contributed by atoms with Gasteiger partial charge in [0.15, 0.2) is 5.65 Å². The number of primary amides is 1. The molecular weight excluding hydrogens is 468 g/mol. The summed E-state index contributed by atoms with van der Waals surface area (Å²) < 4.78 is 10.9. The molecule has 3 heterocycles. The second kappa shape index (κ2) is 9.14. The van der Waals surface area contributed by atoms with Crippen molar-refractivity contribution in [2.75, 3.05) is 31.6 Å². The van der Waals surface area contributed by atoms with Gasteiger partial charge in [-0.3, -0.25) is 4.90 Å². The van der Waals surface area contributed by atoms with E-state index in [2.05, 4.69) is 44.5 Å². The van der Waals surface area contributed by atoms with Crippen LogP contribution in [0, 0.1) is 11.8 Å². The number of hydrogen-bond acceptors (Lipinski definition) is 7. The van der Waals surface area contributed by atoms with Crippen LogP contribution in [0.4, 0.5) is 10.5 Å². The fourth-order valence-electron chi connectivity index (χ4n) is 5.47. The molecule has 35 heavy (non-hydrogen) atoms. The largest absolute Gasteiger partial charge is 0.444 e. The number of nitrogens with one attached hydrogen (secondary N) is 2. The maximum absolute atomic E-state index is 11.5. The van der Waals surface area contributed by atoms with E-state index in [0.717, 1.165) is 56.2 Å². The Morgan fingerprint density at radius 2 is 2.11 bits per heavy atom. The Morgan fingerprint density at radius 1 is 1.29 bits per heavy atom. The lowest BCUT2D eigenvalue weighted by Gasteiger charge is -2.29. The van der Waals surface area contributed by atoms with Crippen molar-refractivity contribution in [1.82, 2.24) is 19.9 Å². The van der Waals surface area contributed by atoms with E-state index in [1.807, 2.05) is 12.1 Å². The fourth-order valence-corrected chi connectivity index (χ4v) is 5.67. The molecule has 2 aliphatic carbocycles. The van der Waals surface area contributed by atoms with Crippen LogP contribution in [0.15, 0.2) is 42.6 Å². The monoisotopic (exact) mass is 494 g/mol. The quantitative estimate of drug-likeness (QED) is 0.448. The Morgan fingerprint density at radius 3 is 2.94 bits per heavy atom. The third-order valence-corrected chi connectivity index (χ3v) is 7.42. The molecule has 2 fully saturated rings. The molecule has 1 saturated heterocycles. The van der Waals surface area contributed by atoms with Gasteiger partial charge in [-0.05, 0) is 18.1 Å². The van der Waals surface area contributed by atoms with Gasteiger partial charge in [-0.2, -0.15) is 0 Å². The van der Waals surface area contributed by atoms with Gasteiger partial charge < -0.3 is 25.5 Å². The number of anilines is 1. The molecule has 2 bridgehead atoms. The molecule has 1 saturated carbocycles. The lowest BCUT2D eigenvalue weighted by molar-refractivity contribution is 0.0342. The zero-order valence-electron chi connectivity index (χ0n) is 19.1. The van der Waals surface area contributed by atoms with E-state index >= 15 is 0 Å². The third-order valence-electron chi connectivity index (χ3n) is 7.13. The van der Waals surface area contributed by atoms with Crippen molar-refractivity contribution >= 4 is 34.5 Å². The van der Waals surface area contributed by atoms with Gasteiger partial charge in [0.25, 0.3) is 0 Å². The van der Waals surface area contributed by atoms with Gasteiger partial charge >= 0.3 is 6.09 Å². The van der Waals surface area contributed by atoms with E-state index in [0.29, 0.717) is 16.4 Å². The van der Waals surface area contributed by atoms with Crippen molar-refractivity contribution in [1.29, 1.82) is 0 Å². The van der Waals surface area contributed by atoms with Gasteiger partial charge in [-0.15, -0.1) is 0 Å². The predicted octanol–water partition coefficient (Wildman–Crippen LogP) is 3.56. The van der Waals surface area contributed by atoms with E-state index < -0.39 is 6.09 Å². The lowest BCUT2D eigenvalue weighted by atomic mass is 9.98. The molecule has 4 N–H and O–H groups in total. The number of nitrogens with two attached hydrogens (primary N) is 1. The number of carbonyl (C=O) groups is 1. The summed E-state index contributed by atoms with van der Waals surface area (Å²) in [4.78, 5) is 26.5. The van der Waals surface area contributed by atoms with E-state index in [1.54, 1.807) is 6.20 Å². The highest BCUT2D eigenvalue weighted by molar-refractivity contribution is 6.34. The van der Waals surface area contributed by atoms with E-state index in [4.69, 9.17) is 31.8 Å².